The molecule has 1 fully saturated rings. The summed E-state index contributed by atoms with van der Waals surface area (Å²) in [5.74, 6) is -1.30. The van der Waals surface area contributed by atoms with E-state index in [0.29, 0.717) is 20.5 Å². The van der Waals surface area contributed by atoms with Crippen molar-refractivity contribution in [1.29, 1.82) is 0 Å². The van der Waals surface area contributed by atoms with Gasteiger partial charge in [0, 0.05) is 11.6 Å². The first kappa shape index (κ1) is 16.7. The predicted molar refractivity (Wildman–Crippen MR) is 97.1 cm³/mol. The molecule has 0 spiro atoms. The van der Waals surface area contributed by atoms with Gasteiger partial charge in [0.1, 0.15) is 10.9 Å². The monoisotopic (exact) mass is 361 g/mol. The van der Waals surface area contributed by atoms with Gasteiger partial charge >= 0.3 is 0 Å². The molecule has 2 aliphatic heterocycles. The number of hydrogen-bond donors (Lipinski definition) is 1. The summed E-state index contributed by atoms with van der Waals surface area (Å²) in [5.41, 5.74) is 6.73. The average molecular weight is 361 g/mol. The molecule has 2 N–H and O–H groups in total. The largest absolute Gasteiger partial charge is 0.368 e. The van der Waals surface area contributed by atoms with Gasteiger partial charge in [0.05, 0.1) is 16.2 Å². The highest BCUT2D eigenvalue weighted by Gasteiger charge is 2.42. The van der Waals surface area contributed by atoms with E-state index in [2.05, 4.69) is 0 Å². The van der Waals surface area contributed by atoms with Crippen molar-refractivity contribution in [3.05, 3.63) is 34.7 Å². The van der Waals surface area contributed by atoms with Gasteiger partial charge in [0.25, 0.3) is 11.8 Å². The zero-order valence-corrected chi connectivity index (χ0v) is 14.7. The van der Waals surface area contributed by atoms with Gasteiger partial charge in [-0.05, 0) is 19.9 Å². The number of amides is 3. The number of thioether (sulfide) groups is 1. The SMILES string of the molecule is CC(C)N1C(=O)C(=C2C(=O)N(CC(N)=O)c3ccccc32)SC1=S. The summed E-state index contributed by atoms with van der Waals surface area (Å²) in [6.45, 7) is 3.49. The fourth-order valence-electron chi connectivity index (χ4n) is 2.79. The van der Waals surface area contributed by atoms with Crippen molar-refractivity contribution < 1.29 is 14.4 Å². The zero-order chi connectivity index (χ0) is 17.6. The highest BCUT2D eigenvalue weighted by Crippen LogP contribution is 2.44. The first-order valence-electron chi connectivity index (χ1n) is 7.32. The molecular formula is C16H15N3O3S2. The Morgan fingerprint density at radius 1 is 1.25 bits per heavy atom. The van der Waals surface area contributed by atoms with Crippen molar-refractivity contribution in [3.63, 3.8) is 0 Å². The lowest BCUT2D eigenvalue weighted by atomic mass is 10.1. The topological polar surface area (TPSA) is 83.7 Å². The summed E-state index contributed by atoms with van der Waals surface area (Å²) in [4.78, 5) is 40.0. The molecule has 0 aromatic heterocycles. The van der Waals surface area contributed by atoms with Crippen LogP contribution in [-0.4, -0.2) is 39.5 Å². The van der Waals surface area contributed by atoms with Crippen LogP contribution in [0.3, 0.4) is 0 Å². The molecule has 0 aliphatic carbocycles. The van der Waals surface area contributed by atoms with Gasteiger partial charge in [-0.2, -0.15) is 0 Å². The quantitative estimate of drug-likeness (QED) is 0.651. The number of anilines is 1. The Balaban J connectivity index is 2.15. The van der Waals surface area contributed by atoms with Crippen molar-refractivity contribution in [2.45, 2.75) is 19.9 Å². The third kappa shape index (κ3) is 2.51. The third-order valence-corrected chi connectivity index (χ3v) is 5.18. The van der Waals surface area contributed by atoms with E-state index in [4.69, 9.17) is 18.0 Å². The molecule has 0 radical (unpaired) electrons. The van der Waals surface area contributed by atoms with Crippen molar-refractivity contribution in [3.8, 4) is 0 Å². The van der Waals surface area contributed by atoms with E-state index in [1.165, 1.54) is 9.80 Å². The van der Waals surface area contributed by atoms with Crippen molar-refractivity contribution in [2.24, 2.45) is 5.73 Å². The van der Waals surface area contributed by atoms with Gasteiger partial charge in [0.15, 0.2) is 0 Å². The summed E-state index contributed by atoms with van der Waals surface area (Å²) in [6.07, 6.45) is 0. The number of para-hydroxylation sites is 1. The van der Waals surface area contributed by atoms with Crippen molar-refractivity contribution in [1.82, 2.24) is 4.90 Å². The number of hydrogen-bond acceptors (Lipinski definition) is 5. The lowest BCUT2D eigenvalue weighted by molar-refractivity contribution is -0.123. The third-order valence-electron chi connectivity index (χ3n) is 3.78. The summed E-state index contributed by atoms with van der Waals surface area (Å²) < 4.78 is 0.427. The van der Waals surface area contributed by atoms with Crippen LogP contribution in [0.5, 0.6) is 0 Å². The number of nitrogens with zero attached hydrogens (tertiary/aromatic N) is 2. The van der Waals surface area contributed by atoms with E-state index in [1.54, 1.807) is 24.3 Å². The van der Waals surface area contributed by atoms with Gasteiger partial charge in [-0.1, -0.05) is 42.2 Å². The van der Waals surface area contributed by atoms with Gasteiger partial charge in [0.2, 0.25) is 5.91 Å². The maximum Gasteiger partial charge on any atom is 0.267 e. The van der Waals surface area contributed by atoms with Crippen LogP contribution in [-0.2, 0) is 14.4 Å². The smallest absolute Gasteiger partial charge is 0.267 e. The second-order valence-electron chi connectivity index (χ2n) is 5.72. The van der Waals surface area contributed by atoms with Gasteiger partial charge < -0.3 is 5.73 Å². The molecular weight excluding hydrogens is 346 g/mol. The van der Waals surface area contributed by atoms with Crippen molar-refractivity contribution >= 4 is 57.3 Å². The number of primary amides is 1. The molecule has 0 saturated carbocycles. The van der Waals surface area contributed by atoms with Gasteiger partial charge in [-0.25, -0.2) is 0 Å². The molecule has 3 amide bonds. The first-order chi connectivity index (χ1) is 11.3. The Kier molecular flexibility index (Phi) is 4.18. The second kappa shape index (κ2) is 6.03. The van der Waals surface area contributed by atoms with Crippen LogP contribution in [0.2, 0.25) is 0 Å². The van der Waals surface area contributed by atoms with Crippen LogP contribution in [0, 0.1) is 0 Å². The molecule has 124 valence electrons. The Hall–Kier alpha value is -2.19. The highest BCUT2D eigenvalue weighted by atomic mass is 32.2. The van der Waals surface area contributed by atoms with E-state index >= 15 is 0 Å². The van der Waals surface area contributed by atoms with Gasteiger partial charge in [-0.15, -0.1) is 0 Å². The zero-order valence-electron chi connectivity index (χ0n) is 13.1. The summed E-state index contributed by atoms with van der Waals surface area (Å²) >= 11 is 6.40. The van der Waals surface area contributed by atoms with E-state index in [-0.39, 0.29) is 24.1 Å². The minimum absolute atomic E-state index is 0.0935. The number of benzene rings is 1. The van der Waals surface area contributed by atoms with Crippen LogP contribution in [0.25, 0.3) is 5.57 Å². The average Bonchev–Trinajstić information content (AvgIpc) is 2.94. The van der Waals surface area contributed by atoms with Crippen LogP contribution in [0.4, 0.5) is 5.69 Å². The Morgan fingerprint density at radius 2 is 1.92 bits per heavy atom. The molecule has 0 bridgehead atoms. The van der Waals surface area contributed by atoms with Crippen LogP contribution in [0.1, 0.15) is 19.4 Å². The molecule has 1 aromatic rings. The van der Waals surface area contributed by atoms with Crippen LogP contribution in [0.15, 0.2) is 29.2 Å². The summed E-state index contributed by atoms with van der Waals surface area (Å²) in [6, 6.07) is 6.94. The maximum atomic E-state index is 12.8. The molecule has 0 unspecified atom stereocenters. The number of rotatable bonds is 3. The van der Waals surface area contributed by atoms with E-state index in [9.17, 15) is 14.4 Å². The molecule has 1 saturated heterocycles. The number of fused-ring (bicyclic) bond motifs is 1. The minimum Gasteiger partial charge on any atom is -0.368 e. The van der Waals surface area contributed by atoms with Crippen LogP contribution >= 0.6 is 24.0 Å². The molecule has 3 rings (SSSR count). The lowest BCUT2D eigenvalue weighted by Gasteiger charge is -2.18. The molecule has 1 aromatic carbocycles. The van der Waals surface area contributed by atoms with Crippen molar-refractivity contribution in [2.75, 3.05) is 11.4 Å². The number of carbonyl (C=O) groups is 3. The first-order valence-corrected chi connectivity index (χ1v) is 8.54. The van der Waals surface area contributed by atoms with E-state index in [0.717, 1.165) is 11.8 Å². The van der Waals surface area contributed by atoms with Gasteiger partial charge in [-0.3, -0.25) is 24.2 Å². The fourth-order valence-corrected chi connectivity index (χ4v) is 4.38. The Morgan fingerprint density at radius 3 is 2.50 bits per heavy atom. The molecule has 24 heavy (non-hydrogen) atoms. The molecule has 6 nitrogen and oxygen atoms in total. The normalized spacial score (nSPS) is 20.4. The number of nitrogens with two attached hydrogens (primary N) is 1. The Bertz CT molecular complexity index is 817. The van der Waals surface area contributed by atoms with Crippen LogP contribution < -0.4 is 10.6 Å². The highest BCUT2D eigenvalue weighted by molar-refractivity contribution is 8.26. The lowest BCUT2D eigenvalue weighted by Crippen LogP contribution is -2.36. The molecule has 2 aliphatic rings. The summed E-state index contributed by atoms with van der Waals surface area (Å²) in [7, 11) is 0. The standard InChI is InChI=1S/C16H15N3O3S2/c1-8(2)19-15(22)13(24-16(19)23)12-9-5-3-4-6-10(9)18(14(12)21)7-11(17)20/h3-6,8H,7H2,1-2H3,(H2,17,20). The predicted octanol–water partition coefficient (Wildman–Crippen LogP) is 1.50. The Labute approximate surface area is 148 Å². The second-order valence-corrected chi connectivity index (χ2v) is 7.36. The number of carbonyl (C=O) groups excluding carboxylic acids is 3. The number of thiocarbonyl (C=S) groups is 1. The molecule has 2 heterocycles. The summed E-state index contributed by atoms with van der Waals surface area (Å²) in [5, 5.41) is 0. The molecule has 0 atom stereocenters. The fraction of sp³-hybridized carbons (Fsp3) is 0.250. The molecule has 8 heteroatoms. The minimum atomic E-state index is -0.617. The maximum absolute atomic E-state index is 12.8. The van der Waals surface area contributed by atoms with E-state index < -0.39 is 11.8 Å². The van der Waals surface area contributed by atoms with E-state index in [1.807, 2.05) is 13.8 Å².